The number of carbonyl (C=O) groups excluding carboxylic acids is 2. The van der Waals surface area contributed by atoms with E-state index in [0.29, 0.717) is 5.75 Å². The number of fused-ring (bicyclic) bond motifs is 2. The van der Waals surface area contributed by atoms with E-state index in [4.69, 9.17) is 9.47 Å². The van der Waals surface area contributed by atoms with E-state index in [1.807, 2.05) is 31.3 Å². The summed E-state index contributed by atoms with van der Waals surface area (Å²) in [6.45, 7) is 26.4. The molecule has 6 rings (SSSR count). The summed E-state index contributed by atoms with van der Waals surface area (Å²) in [5.74, 6) is 0.0318. The van der Waals surface area contributed by atoms with E-state index in [0.717, 1.165) is 56.9 Å². The third-order valence-corrected chi connectivity index (χ3v) is 11.1. The van der Waals surface area contributed by atoms with Crippen molar-refractivity contribution in [2.45, 2.75) is 123 Å². The lowest BCUT2D eigenvalue weighted by Crippen LogP contribution is -2.19. The zero-order valence-corrected chi connectivity index (χ0v) is 32.9. The Morgan fingerprint density at radius 2 is 0.922 bits per heavy atom. The molecule has 2 aliphatic heterocycles. The minimum Gasteiger partial charge on any atom is -0.425 e. The van der Waals surface area contributed by atoms with Crippen LogP contribution in [0.3, 0.4) is 0 Å². The number of carbonyl (C=O) groups is 2. The third kappa shape index (κ3) is 6.61. The molecule has 5 nitrogen and oxygen atoms in total. The Hall–Kier alpha value is -4.38. The van der Waals surface area contributed by atoms with Crippen LogP contribution in [0.5, 0.6) is 11.5 Å². The van der Waals surface area contributed by atoms with E-state index >= 15 is 0 Å². The maximum absolute atomic E-state index is 13.5. The highest BCUT2D eigenvalue weighted by Gasteiger charge is 2.41. The van der Waals surface area contributed by atoms with Crippen molar-refractivity contribution >= 4 is 23.3 Å². The summed E-state index contributed by atoms with van der Waals surface area (Å²) in [5.41, 5.74) is 9.84. The predicted octanol–water partition coefficient (Wildman–Crippen LogP) is 11.1. The zero-order chi connectivity index (χ0) is 37.4. The van der Waals surface area contributed by atoms with Crippen LogP contribution in [0.4, 0.5) is 11.4 Å². The fraction of sp³-hybridized carbons (Fsp3) is 0.435. The van der Waals surface area contributed by atoms with Gasteiger partial charge in [0, 0.05) is 40.7 Å². The van der Waals surface area contributed by atoms with Crippen LogP contribution in [0.25, 0.3) is 0 Å². The van der Waals surface area contributed by atoms with Gasteiger partial charge in [0.15, 0.2) is 0 Å². The molecule has 0 spiro atoms. The van der Waals surface area contributed by atoms with Crippen LogP contribution in [-0.4, -0.2) is 19.0 Å². The Morgan fingerprint density at radius 1 is 0.549 bits per heavy atom. The van der Waals surface area contributed by atoms with Gasteiger partial charge in [-0.15, -0.1) is 0 Å². The maximum Gasteiger partial charge on any atom is 0.323 e. The molecule has 4 aromatic rings. The van der Waals surface area contributed by atoms with Gasteiger partial charge in [-0.1, -0.05) is 132 Å². The molecule has 0 saturated carbocycles. The summed E-state index contributed by atoms with van der Waals surface area (Å²) >= 11 is 0. The Labute approximate surface area is 305 Å². The van der Waals surface area contributed by atoms with Crippen LogP contribution in [0.1, 0.15) is 146 Å². The zero-order valence-electron chi connectivity index (χ0n) is 32.9. The lowest BCUT2D eigenvalue weighted by molar-refractivity contribution is -0.134. The van der Waals surface area contributed by atoms with Gasteiger partial charge >= 0.3 is 11.9 Å². The molecule has 4 aromatic carbocycles. The number of hydrogen-bond acceptors (Lipinski definition) is 5. The molecule has 2 aliphatic rings. The van der Waals surface area contributed by atoms with Crippen LogP contribution < -0.4 is 14.4 Å². The van der Waals surface area contributed by atoms with E-state index in [1.54, 1.807) is 0 Å². The number of ether oxygens (including phenoxy) is 2. The normalized spacial score (nSPS) is 17.6. The second kappa shape index (κ2) is 12.4. The highest BCUT2D eigenvalue weighted by molar-refractivity contribution is 5.91. The van der Waals surface area contributed by atoms with Crippen molar-refractivity contribution in [1.29, 1.82) is 0 Å². The molecule has 51 heavy (non-hydrogen) atoms. The van der Waals surface area contributed by atoms with Crippen molar-refractivity contribution in [3.63, 3.8) is 0 Å². The molecular formula is C46H55NO4. The minimum atomic E-state index is -0.474. The molecule has 0 aliphatic carbocycles. The summed E-state index contributed by atoms with van der Waals surface area (Å²) < 4.78 is 12.1. The summed E-state index contributed by atoms with van der Waals surface area (Å²) in [5, 5.41) is 0. The van der Waals surface area contributed by atoms with Crippen molar-refractivity contribution in [1.82, 2.24) is 0 Å². The Bertz CT molecular complexity index is 2000. The first-order valence-electron chi connectivity index (χ1n) is 18.4. The summed E-state index contributed by atoms with van der Waals surface area (Å²) in [6, 6.07) is 25.2. The average molecular weight is 686 g/mol. The van der Waals surface area contributed by atoms with Crippen molar-refractivity contribution in [3.05, 3.63) is 117 Å². The van der Waals surface area contributed by atoms with Gasteiger partial charge in [-0.2, -0.15) is 0 Å². The molecule has 0 bridgehead atoms. The molecule has 0 N–H and O–H groups in total. The quantitative estimate of drug-likeness (QED) is 0.149. The van der Waals surface area contributed by atoms with Gasteiger partial charge in [0.25, 0.3) is 0 Å². The first-order valence-corrected chi connectivity index (χ1v) is 18.4. The number of anilines is 2. The topological polar surface area (TPSA) is 55.8 Å². The summed E-state index contributed by atoms with van der Waals surface area (Å²) in [4.78, 5) is 29.1. The molecule has 0 amide bonds. The largest absolute Gasteiger partial charge is 0.425 e. The molecule has 0 saturated heterocycles. The molecule has 0 fully saturated rings. The van der Waals surface area contributed by atoms with E-state index < -0.39 is 11.8 Å². The van der Waals surface area contributed by atoms with Gasteiger partial charge in [-0.3, -0.25) is 9.59 Å². The minimum absolute atomic E-state index is 0.0704. The summed E-state index contributed by atoms with van der Waals surface area (Å²) in [7, 11) is 2.03. The van der Waals surface area contributed by atoms with Crippen LogP contribution in [0.15, 0.2) is 72.8 Å². The molecule has 0 aromatic heterocycles. The lowest BCUT2D eigenvalue weighted by Gasteiger charge is -2.29. The predicted molar refractivity (Wildman–Crippen MR) is 208 cm³/mol. The fourth-order valence-electron chi connectivity index (χ4n) is 7.21. The van der Waals surface area contributed by atoms with Gasteiger partial charge in [0.2, 0.25) is 0 Å². The molecular weight excluding hydrogens is 631 g/mol. The monoisotopic (exact) mass is 685 g/mol. The third-order valence-electron chi connectivity index (χ3n) is 11.1. The molecule has 268 valence electrons. The average Bonchev–Trinajstić information content (AvgIpc) is 3.57. The second-order valence-corrected chi connectivity index (χ2v) is 18.3. The molecule has 0 radical (unpaired) electrons. The SMILES string of the molecule is CCC(C)(C)c1cc(C(C)(C)C)cc2c1OC(=O)C2c1ccc(N(C)c2ccc(C3C(=O)Oc4c3cc(C(C)(C)C)cc4C(C)(C)C)cc2)cc1. The maximum atomic E-state index is 13.5. The smallest absolute Gasteiger partial charge is 0.323 e. The highest BCUT2D eigenvalue weighted by atomic mass is 16.5. The van der Waals surface area contributed by atoms with Gasteiger partial charge in [-0.25, -0.2) is 0 Å². The number of benzene rings is 4. The van der Waals surface area contributed by atoms with Crippen LogP contribution in [-0.2, 0) is 31.2 Å². The molecule has 2 unspecified atom stereocenters. The van der Waals surface area contributed by atoms with Crippen molar-refractivity contribution in [2.24, 2.45) is 0 Å². The van der Waals surface area contributed by atoms with Gasteiger partial charge in [-0.05, 0) is 74.6 Å². The van der Waals surface area contributed by atoms with Crippen molar-refractivity contribution in [2.75, 3.05) is 11.9 Å². The second-order valence-electron chi connectivity index (χ2n) is 18.3. The molecule has 5 heteroatoms. The molecule has 2 atom stereocenters. The van der Waals surface area contributed by atoms with Gasteiger partial charge in [0.05, 0.1) is 0 Å². The van der Waals surface area contributed by atoms with Crippen molar-refractivity contribution in [3.8, 4) is 11.5 Å². The van der Waals surface area contributed by atoms with E-state index in [2.05, 4.69) is 137 Å². The standard InChI is InChI=1S/C46H55NO4/c1-14-46(11,12)36-26-30(44(5,6)7)24-34-38(42(49)51-40(34)36)28-17-21-32(22-18-28)47(13)31-19-15-27(16-20-31)37-33-23-29(43(2,3)4)25-35(45(8,9)10)39(33)50-41(37)48/h15-26,37-38H,14H2,1-13H3. The first-order chi connectivity index (χ1) is 23.6. The van der Waals surface area contributed by atoms with Crippen LogP contribution >= 0.6 is 0 Å². The Balaban J connectivity index is 1.29. The highest BCUT2D eigenvalue weighted by Crippen LogP contribution is 2.49. The number of nitrogens with zero attached hydrogens (tertiary/aromatic N) is 1. The lowest BCUT2D eigenvalue weighted by atomic mass is 9.75. The number of hydrogen-bond donors (Lipinski definition) is 0. The van der Waals surface area contributed by atoms with E-state index in [1.165, 1.54) is 11.1 Å². The van der Waals surface area contributed by atoms with Gasteiger partial charge in [0.1, 0.15) is 23.3 Å². The number of esters is 2. The van der Waals surface area contributed by atoms with E-state index in [9.17, 15) is 9.59 Å². The summed E-state index contributed by atoms with van der Waals surface area (Å²) in [6.07, 6.45) is 0.936. The van der Waals surface area contributed by atoms with Crippen LogP contribution in [0.2, 0.25) is 0 Å². The Morgan fingerprint density at radius 3 is 1.27 bits per heavy atom. The van der Waals surface area contributed by atoms with Gasteiger partial charge < -0.3 is 14.4 Å². The van der Waals surface area contributed by atoms with Crippen molar-refractivity contribution < 1.29 is 19.1 Å². The van der Waals surface area contributed by atoms with Crippen LogP contribution in [0, 0.1) is 0 Å². The fourth-order valence-corrected chi connectivity index (χ4v) is 7.21. The first kappa shape index (κ1) is 36.4. The number of rotatable bonds is 6. The Kier molecular flexibility index (Phi) is 8.85. The van der Waals surface area contributed by atoms with E-state index in [-0.39, 0.29) is 33.6 Å². The molecule has 2 heterocycles.